The summed E-state index contributed by atoms with van der Waals surface area (Å²) in [6.07, 6.45) is 5.33. The molecular weight excluding hydrogens is 182 g/mol. The van der Waals surface area contributed by atoms with Crippen LogP contribution in [0.1, 0.15) is 12.8 Å². The van der Waals surface area contributed by atoms with Crippen molar-refractivity contribution in [2.75, 3.05) is 12.3 Å². The third-order valence-electron chi connectivity index (χ3n) is 1.73. The van der Waals surface area contributed by atoms with Gasteiger partial charge in [-0.05, 0) is 30.5 Å². The van der Waals surface area contributed by atoms with Gasteiger partial charge in [0.05, 0.1) is 0 Å². The van der Waals surface area contributed by atoms with Crippen molar-refractivity contribution in [1.29, 1.82) is 0 Å². The van der Waals surface area contributed by atoms with Crippen molar-refractivity contribution in [2.24, 2.45) is 0 Å². The predicted molar refractivity (Wildman–Crippen MR) is 63.1 cm³/mol. The standard InChI is InChI=1S/C10H16P2/c11-8-4-5-9-12-10-6-2-1-3-7-10/h1-3,6-7,12H,4-5,8-9,11H2. The second-order valence-corrected chi connectivity index (χ2v) is 4.80. The Labute approximate surface area is 79.1 Å². The molecule has 0 amide bonds. The maximum atomic E-state index is 2.78. The summed E-state index contributed by atoms with van der Waals surface area (Å²) in [6.45, 7) is 0. The molecule has 0 fully saturated rings. The summed E-state index contributed by atoms with van der Waals surface area (Å²) in [5.74, 6) is 0. The van der Waals surface area contributed by atoms with Gasteiger partial charge in [0.2, 0.25) is 0 Å². The monoisotopic (exact) mass is 198 g/mol. The van der Waals surface area contributed by atoms with Crippen LogP contribution in [0.5, 0.6) is 0 Å². The second kappa shape index (κ2) is 6.58. The third-order valence-corrected chi connectivity index (χ3v) is 3.49. The quantitative estimate of drug-likeness (QED) is 0.504. The third kappa shape index (κ3) is 4.19. The lowest BCUT2D eigenvalue weighted by Gasteiger charge is -1.99. The van der Waals surface area contributed by atoms with Crippen molar-refractivity contribution < 1.29 is 0 Å². The molecule has 0 nitrogen and oxygen atoms in total. The number of hydrogen-bond acceptors (Lipinski definition) is 0. The Morgan fingerprint density at radius 2 is 1.83 bits per heavy atom. The first-order chi connectivity index (χ1) is 5.93. The molecule has 2 unspecified atom stereocenters. The highest BCUT2D eigenvalue weighted by Crippen LogP contribution is 2.12. The molecule has 0 aromatic heterocycles. The normalized spacial score (nSPS) is 11.1. The molecule has 66 valence electrons. The summed E-state index contributed by atoms with van der Waals surface area (Å²) in [6, 6.07) is 10.8. The molecule has 0 aliphatic rings. The number of rotatable bonds is 5. The largest absolute Gasteiger partial charge is 0.138 e. The summed E-state index contributed by atoms with van der Waals surface area (Å²) in [5.41, 5.74) is 0. The van der Waals surface area contributed by atoms with E-state index in [9.17, 15) is 0 Å². The molecule has 0 heterocycles. The zero-order chi connectivity index (χ0) is 8.65. The molecule has 1 aromatic rings. The molecule has 1 aromatic carbocycles. The minimum atomic E-state index is 1.01. The van der Waals surface area contributed by atoms with Crippen molar-refractivity contribution in [3.05, 3.63) is 30.3 Å². The number of unbranched alkanes of at least 4 members (excludes halogenated alkanes) is 1. The SMILES string of the molecule is PCCCCPc1ccccc1. The van der Waals surface area contributed by atoms with Crippen molar-refractivity contribution in [2.45, 2.75) is 12.8 Å². The zero-order valence-corrected chi connectivity index (χ0v) is 9.45. The van der Waals surface area contributed by atoms with Crippen LogP contribution in [0, 0.1) is 0 Å². The van der Waals surface area contributed by atoms with Gasteiger partial charge in [0.25, 0.3) is 0 Å². The Bertz CT molecular complexity index is 196. The van der Waals surface area contributed by atoms with Crippen LogP contribution < -0.4 is 5.30 Å². The zero-order valence-electron chi connectivity index (χ0n) is 7.29. The highest BCUT2D eigenvalue weighted by atomic mass is 31.1. The number of hydrogen-bond donors (Lipinski definition) is 0. The van der Waals surface area contributed by atoms with Crippen LogP contribution in [0.2, 0.25) is 0 Å². The van der Waals surface area contributed by atoms with Gasteiger partial charge in [-0.1, -0.05) is 38.9 Å². The summed E-state index contributed by atoms with van der Waals surface area (Å²) < 4.78 is 0. The van der Waals surface area contributed by atoms with Crippen LogP contribution in [-0.2, 0) is 0 Å². The van der Waals surface area contributed by atoms with Gasteiger partial charge in [-0.2, -0.15) is 0 Å². The lowest BCUT2D eigenvalue weighted by Crippen LogP contribution is -1.93. The lowest BCUT2D eigenvalue weighted by atomic mass is 10.4. The fraction of sp³-hybridized carbons (Fsp3) is 0.400. The van der Waals surface area contributed by atoms with Gasteiger partial charge in [-0.25, -0.2) is 0 Å². The van der Waals surface area contributed by atoms with Gasteiger partial charge >= 0.3 is 0 Å². The minimum absolute atomic E-state index is 1.01. The van der Waals surface area contributed by atoms with Crippen LogP contribution in [0.25, 0.3) is 0 Å². The summed E-state index contributed by atoms with van der Waals surface area (Å²) in [5, 5.41) is 1.50. The summed E-state index contributed by atoms with van der Waals surface area (Å²) in [4.78, 5) is 0. The highest BCUT2D eigenvalue weighted by molar-refractivity contribution is 7.47. The molecule has 0 spiro atoms. The van der Waals surface area contributed by atoms with E-state index < -0.39 is 0 Å². The topological polar surface area (TPSA) is 0 Å². The van der Waals surface area contributed by atoms with Crippen molar-refractivity contribution >= 4 is 23.1 Å². The van der Waals surface area contributed by atoms with E-state index in [1.807, 2.05) is 0 Å². The molecule has 0 N–H and O–H groups in total. The first-order valence-electron chi connectivity index (χ1n) is 4.42. The first-order valence-corrected chi connectivity index (χ1v) is 6.45. The van der Waals surface area contributed by atoms with Crippen LogP contribution in [-0.4, -0.2) is 12.3 Å². The fourth-order valence-corrected chi connectivity index (χ4v) is 2.49. The molecule has 0 radical (unpaired) electrons. The van der Waals surface area contributed by atoms with Crippen LogP contribution in [0.15, 0.2) is 30.3 Å². The summed E-state index contributed by atoms with van der Waals surface area (Å²) >= 11 is 0. The molecule has 1 rings (SSSR count). The van der Waals surface area contributed by atoms with Gasteiger partial charge < -0.3 is 0 Å². The van der Waals surface area contributed by atoms with Crippen molar-refractivity contribution in [3.63, 3.8) is 0 Å². The predicted octanol–water partition coefficient (Wildman–Crippen LogP) is 2.65. The van der Waals surface area contributed by atoms with Gasteiger partial charge in [0.15, 0.2) is 0 Å². The van der Waals surface area contributed by atoms with E-state index in [1.54, 1.807) is 0 Å². The van der Waals surface area contributed by atoms with E-state index in [1.165, 1.54) is 30.5 Å². The van der Waals surface area contributed by atoms with Gasteiger partial charge in [0.1, 0.15) is 0 Å². The smallest absolute Gasteiger partial charge is 0.0271 e. The van der Waals surface area contributed by atoms with Gasteiger partial charge in [-0.3, -0.25) is 0 Å². The Morgan fingerprint density at radius 3 is 2.50 bits per heavy atom. The van der Waals surface area contributed by atoms with E-state index >= 15 is 0 Å². The number of benzene rings is 1. The maximum Gasteiger partial charge on any atom is -0.0271 e. The molecule has 0 aliphatic carbocycles. The highest BCUT2D eigenvalue weighted by Gasteiger charge is 1.90. The molecule has 0 aliphatic heterocycles. The van der Waals surface area contributed by atoms with Crippen molar-refractivity contribution in [3.8, 4) is 0 Å². The maximum absolute atomic E-state index is 2.78. The molecule has 0 saturated heterocycles. The van der Waals surface area contributed by atoms with E-state index in [2.05, 4.69) is 39.6 Å². The Balaban J connectivity index is 2.16. The lowest BCUT2D eigenvalue weighted by molar-refractivity contribution is 0.907. The molecule has 12 heavy (non-hydrogen) atoms. The van der Waals surface area contributed by atoms with Crippen LogP contribution in [0.3, 0.4) is 0 Å². The van der Waals surface area contributed by atoms with Gasteiger partial charge in [0, 0.05) is 0 Å². The molecule has 0 saturated carbocycles. The Hall–Kier alpha value is 0.0800. The van der Waals surface area contributed by atoms with Crippen LogP contribution >= 0.6 is 17.8 Å². The molecule has 0 bridgehead atoms. The molecule has 2 atom stereocenters. The second-order valence-electron chi connectivity index (χ2n) is 2.79. The fourth-order valence-electron chi connectivity index (χ4n) is 1.06. The van der Waals surface area contributed by atoms with E-state index in [4.69, 9.17) is 0 Å². The first kappa shape index (κ1) is 10.2. The Morgan fingerprint density at radius 1 is 1.08 bits per heavy atom. The molecular formula is C10H16P2. The van der Waals surface area contributed by atoms with Gasteiger partial charge in [-0.15, -0.1) is 9.24 Å². The average Bonchev–Trinajstić information content (AvgIpc) is 2.14. The molecule has 2 heteroatoms. The van der Waals surface area contributed by atoms with E-state index in [0.29, 0.717) is 0 Å². The average molecular weight is 198 g/mol. The summed E-state index contributed by atoms with van der Waals surface area (Å²) in [7, 11) is 3.79. The Kier molecular flexibility index (Phi) is 5.57. The van der Waals surface area contributed by atoms with E-state index in [0.717, 1.165) is 8.58 Å². The van der Waals surface area contributed by atoms with E-state index in [-0.39, 0.29) is 0 Å². The van der Waals surface area contributed by atoms with Crippen molar-refractivity contribution in [1.82, 2.24) is 0 Å². The minimum Gasteiger partial charge on any atom is -0.138 e. The van der Waals surface area contributed by atoms with Crippen LogP contribution in [0.4, 0.5) is 0 Å².